The van der Waals surface area contributed by atoms with Gasteiger partial charge in [0.15, 0.2) is 0 Å². The summed E-state index contributed by atoms with van der Waals surface area (Å²) in [5.74, 6) is -2.99. The summed E-state index contributed by atoms with van der Waals surface area (Å²) in [6.07, 6.45) is -1.18. The molecule has 4 nitrogen and oxygen atoms in total. The fourth-order valence-electron chi connectivity index (χ4n) is 2.09. The van der Waals surface area contributed by atoms with Crippen molar-refractivity contribution in [2.45, 2.75) is 45.6 Å². The van der Waals surface area contributed by atoms with E-state index in [1.807, 2.05) is 0 Å². The highest BCUT2D eigenvalue weighted by molar-refractivity contribution is 5.68. The maximum absolute atomic E-state index is 13.6. The van der Waals surface area contributed by atoms with Gasteiger partial charge in [-0.2, -0.15) is 0 Å². The van der Waals surface area contributed by atoms with Crippen molar-refractivity contribution in [2.75, 3.05) is 19.7 Å². The average Bonchev–Trinajstić information content (AvgIpc) is 2.12. The number of aliphatic hydroxyl groups is 1. The molecule has 0 aliphatic carbocycles. The van der Waals surface area contributed by atoms with Crippen molar-refractivity contribution in [1.82, 2.24) is 4.90 Å². The van der Waals surface area contributed by atoms with Crippen LogP contribution in [0.4, 0.5) is 13.6 Å². The number of rotatable bonds is 1. The Kier molecular flexibility index (Phi) is 3.91. The van der Waals surface area contributed by atoms with Crippen molar-refractivity contribution in [3.63, 3.8) is 0 Å². The lowest BCUT2D eigenvalue weighted by atomic mass is 9.81. The molecule has 0 bridgehead atoms. The highest BCUT2D eigenvalue weighted by Gasteiger charge is 2.48. The van der Waals surface area contributed by atoms with Gasteiger partial charge in [-0.05, 0) is 20.8 Å². The lowest BCUT2D eigenvalue weighted by Gasteiger charge is -2.43. The quantitative estimate of drug-likeness (QED) is 0.791. The molecule has 6 heteroatoms. The number of halogens is 2. The van der Waals surface area contributed by atoms with Gasteiger partial charge in [-0.15, -0.1) is 0 Å². The van der Waals surface area contributed by atoms with E-state index < -0.39 is 36.0 Å². The zero-order valence-corrected chi connectivity index (χ0v) is 11.3. The lowest BCUT2D eigenvalue weighted by Crippen LogP contribution is -2.55. The number of carbonyl (C=O) groups is 1. The number of aliphatic hydroxyl groups excluding tert-OH is 1. The van der Waals surface area contributed by atoms with Gasteiger partial charge in [0.1, 0.15) is 5.60 Å². The third-order valence-corrected chi connectivity index (χ3v) is 2.71. The smallest absolute Gasteiger partial charge is 0.410 e. The molecule has 1 aliphatic rings. The van der Waals surface area contributed by atoms with Crippen LogP contribution < -0.4 is 0 Å². The van der Waals surface area contributed by atoms with E-state index in [0.29, 0.717) is 0 Å². The van der Waals surface area contributed by atoms with Gasteiger partial charge < -0.3 is 14.7 Å². The Morgan fingerprint density at radius 1 is 1.39 bits per heavy atom. The highest BCUT2D eigenvalue weighted by atomic mass is 19.3. The molecule has 18 heavy (non-hydrogen) atoms. The Morgan fingerprint density at radius 3 is 2.39 bits per heavy atom. The van der Waals surface area contributed by atoms with E-state index in [1.165, 1.54) is 6.92 Å². The van der Waals surface area contributed by atoms with Crippen LogP contribution in [0.2, 0.25) is 0 Å². The highest BCUT2D eigenvalue weighted by Crippen LogP contribution is 2.38. The number of hydrogen-bond acceptors (Lipinski definition) is 3. The van der Waals surface area contributed by atoms with Gasteiger partial charge in [0.25, 0.3) is 5.92 Å². The van der Waals surface area contributed by atoms with E-state index >= 15 is 0 Å². The molecule has 1 rings (SSSR count). The number of hydrogen-bond donors (Lipinski definition) is 1. The fourth-order valence-corrected chi connectivity index (χ4v) is 2.09. The summed E-state index contributed by atoms with van der Waals surface area (Å²) in [6, 6.07) is 0. The van der Waals surface area contributed by atoms with E-state index in [4.69, 9.17) is 4.74 Å². The minimum absolute atomic E-state index is 0.0774. The molecule has 1 saturated heterocycles. The molecule has 0 aromatic heterocycles. The lowest BCUT2D eigenvalue weighted by molar-refractivity contribution is -0.120. The van der Waals surface area contributed by atoms with Crippen LogP contribution in [0.25, 0.3) is 0 Å². The summed E-state index contributed by atoms with van der Waals surface area (Å²) < 4.78 is 32.2. The number of amides is 1. The van der Waals surface area contributed by atoms with Crippen molar-refractivity contribution in [3.8, 4) is 0 Å². The molecule has 0 radical (unpaired) electrons. The van der Waals surface area contributed by atoms with Crippen LogP contribution in [-0.4, -0.2) is 47.3 Å². The summed E-state index contributed by atoms with van der Waals surface area (Å²) in [5, 5.41) is 9.20. The molecule has 106 valence electrons. The van der Waals surface area contributed by atoms with Crippen molar-refractivity contribution in [3.05, 3.63) is 0 Å². The minimum atomic E-state index is -2.99. The maximum atomic E-state index is 13.6. The maximum Gasteiger partial charge on any atom is 0.410 e. The van der Waals surface area contributed by atoms with E-state index in [0.717, 1.165) is 4.90 Å². The van der Waals surface area contributed by atoms with E-state index in [-0.39, 0.29) is 13.2 Å². The number of nitrogens with zero attached hydrogens (tertiary/aromatic N) is 1. The molecule has 1 amide bonds. The molecule has 1 unspecified atom stereocenters. The van der Waals surface area contributed by atoms with Crippen LogP contribution in [0.5, 0.6) is 0 Å². The Bertz CT molecular complexity index is 328. The molecule has 1 heterocycles. The van der Waals surface area contributed by atoms with Gasteiger partial charge in [-0.25, -0.2) is 13.6 Å². The number of piperidine rings is 1. The van der Waals surface area contributed by atoms with E-state index in [2.05, 4.69) is 0 Å². The third kappa shape index (κ3) is 4.08. The predicted molar refractivity (Wildman–Crippen MR) is 62.6 cm³/mol. The fraction of sp³-hybridized carbons (Fsp3) is 0.917. The summed E-state index contributed by atoms with van der Waals surface area (Å²) >= 11 is 0. The second kappa shape index (κ2) is 4.64. The van der Waals surface area contributed by atoms with Gasteiger partial charge in [-0.1, -0.05) is 6.92 Å². The van der Waals surface area contributed by atoms with Crippen molar-refractivity contribution >= 4 is 6.09 Å². The molecule has 0 spiro atoms. The van der Waals surface area contributed by atoms with Crippen LogP contribution in [0, 0.1) is 5.41 Å². The monoisotopic (exact) mass is 265 g/mol. The normalized spacial score (nSPS) is 28.1. The first-order valence-corrected chi connectivity index (χ1v) is 5.93. The van der Waals surface area contributed by atoms with Gasteiger partial charge in [0.05, 0.1) is 13.2 Å². The molecule has 0 aromatic rings. The minimum Gasteiger partial charge on any atom is -0.444 e. The van der Waals surface area contributed by atoms with E-state index in [9.17, 15) is 18.7 Å². The first-order chi connectivity index (χ1) is 7.96. The molecule has 1 fully saturated rings. The van der Waals surface area contributed by atoms with Crippen LogP contribution in [0.3, 0.4) is 0 Å². The molecule has 0 aromatic carbocycles. The summed E-state index contributed by atoms with van der Waals surface area (Å²) in [6.45, 7) is 5.61. The number of carbonyl (C=O) groups excluding carboxylic acids is 1. The molecule has 1 N–H and O–H groups in total. The number of alkyl halides is 2. The zero-order valence-electron chi connectivity index (χ0n) is 11.3. The van der Waals surface area contributed by atoms with Gasteiger partial charge in [0, 0.05) is 18.4 Å². The number of ether oxygens (including phenoxy) is 1. The molecular weight excluding hydrogens is 244 g/mol. The summed E-state index contributed by atoms with van der Waals surface area (Å²) in [7, 11) is 0. The van der Waals surface area contributed by atoms with Crippen molar-refractivity contribution in [1.29, 1.82) is 0 Å². The van der Waals surface area contributed by atoms with Gasteiger partial charge in [0.2, 0.25) is 0 Å². The van der Waals surface area contributed by atoms with Gasteiger partial charge in [-0.3, -0.25) is 0 Å². The first-order valence-electron chi connectivity index (χ1n) is 5.93. The van der Waals surface area contributed by atoms with Gasteiger partial charge >= 0.3 is 6.09 Å². The largest absolute Gasteiger partial charge is 0.444 e. The summed E-state index contributed by atoms with van der Waals surface area (Å²) in [4.78, 5) is 12.8. The Labute approximate surface area is 106 Å². The Hall–Kier alpha value is -0.910. The van der Waals surface area contributed by atoms with Crippen LogP contribution in [-0.2, 0) is 4.74 Å². The Balaban J connectivity index is 2.80. The zero-order chi connectivity index (χ0) is 14.2. The van der Waals surface area contributed by atoms with Crippen LogP contribution in [0.1, 0.15) is 34.1 Å². The molecule has 1 aliphatic heterocycles. The Morgan fingerprint density at radius 2 is 1.94 bits per heavy atom. The topological polar surface area (TPSA) is 49.8 Å². The second-order valence-electron chi connectivity index (χ2n) is 6.34. The van der Waals surface area contributed by atoms with Crippen LogP contribution in [0.15, 0.2) is 0 Å². The first kappa shape index (κ1) is 15.1. The second-order valence-corrected chi connectivity index (χ2v) is 6.34. The average molecular weight is 265 g/mol. The van der Waals surface area contributed by atoms with Crippen molar-refractivity contribution in [2.24, 2.45) is 5.41 Å². The van der Waals surface area contributed by atoms with Crippen LogP contribution >= 0.6 is 0 Å². The van der Waals surface area contributed by atoms with Crippen molar-refractivity contribution < 1.29 is 23.4 Å². The number of likely N-dealkylation sites (tertiary alicyclic amines) is 1. The molecular formula is C12H21F2NO3. The third-order valence-electron chi connectivity index (χ3n) is 2.71. The molecule has 1 atom stereocenters. The summed E-state index contributed by atoms with van der Waals surface area (Å²) in [5.41, 5.74) is -1.71. The standard InChI is InChI=1S/C12H21F2NO3/c1-10(2,3)18-9(17)15-6-11(4,8-16)5-12(13,14)7-15/h16H,5-8H2,1-4H3. The van der Waals surface area contributed by atoms with E-state index in [1.54, 1.807) is 20.8 Å². The SMILES string of the molecule is CC1(CO)CN(C(=O)OC(C)(C)C)CC(F)(F)C1. The molecule has 0 saturated carbocycles. The predicted octanol–water partition coefficient (Wildman–Crippen LogP) is 2.26.